The van der Waals surface area contributed by atoms with E-state index in [-0.39, 0.29) is 0 Å². The van der Waals surface area contributed by atoms with Gasteiger partial charge in [-0.1, -0.05) is 60.7 Å². The van der Waals surface area contributed by atoms with Crippen LogP contribution in [-0.2, 0) is 16.7 Å². The van der Waals surface area contributed by atoms with Crippen molar-refractivity contribution in [3.63, 3.8) is 0 Å². The van der Waals surface area contributed by atoms with E-state index in [4.69, 9.17) is 19.4 Å². The van der Waals surface area contributed by atoms with Gasteiger partial charge >= 0.3 is 6.09 Å². The average molecular weight is 590 g/mol. The van der Waals surface area contributed by atoms with Crippen LogP contribution in [-0.4, -0.2) is 33.5 Å². The lowest BCUT2D eigenvalue weighted by Crippen LogP contribution is -2.52. The van der Waals surface area contributed by atoms with E-state index in [1.54, 1.807) is 12.4 Å². The number of benzene rings is 3. The monoisotopic (exact) mass is 589 g/mol. The summed E-state index contributed by atoms with van der Waals surface area (Å²) in [4.78, 5) is 22.9. The van der Waals surface area contributed by atoms with Gasteiger partial charge in [0.2, 0.25) is 12.4 Å². The molecule has 5 aromatic rings. The third kappa shape index (κ3) is 6.34. The first-order chi connectivity index (χ1) is 21.2. The number of aromatic nitrogens is 3. The standard InChI is InChI=1S/C36H36N4O4/c1-35(2,3)44-34(41)39-36(20-8-21-36)28-15-13-27(14-16-28)31-32(26-9-5-4-6-10-26)38-33-29(37-31)11-7-12-30(33)43-24-19-25-17-22-40(42)23-18-25/h4-7,9-18,22-23H,8,19-21,24H2,1-3H3,(H-,39,41,42)/p+1. The third-order valence-corrected chi connectivity index (χ3v) is 7.89. The molecule has 224 valence electrons. The summed E-state index contributed by atoms with van der Waals surface area (Å²) >= 11 is 0. The van der Waals surface area contributed by atoms with Gasteiger partial charge in [-0.3, -0.25) is 5.21 Å². The lowest BCUT2D eigenvalue weighted by atomic mass is 9.71. The highest BCUT2D eigenvalue weighted by molar-refractivity contribution is 5.89. The Hall–Kier alpha value is -4.98. The highest BCUT2D eigenvalue weighted by Gasteiger charge is 2.41. The minimum Gasteiger partial charge on any atom is -0.491 e. The Morgan fingerprint density at radius 3 is 2.23 bits per heavy atom. The summed E-state index contributed by atoms with van der Waals surface area (Å²) in [6, 6.07) is 27.8. The van der Waals surface area contributed by atoms with Crippen molar-refractivity contribution < 1.29 is 24.2 Å². The minimum atomic E-state index is -0.557. The lowest BCUT2D eigenvalue weighted by molar-refractivity contribution is -0.904. The molecule has 3 aromatic carbocycles. The normalized spacial score (nSPS) is 14.1. The topological polar surface area (TPSA) is 97.5 Å². The number of hydrogen-bond acceptors (Lipinski definition) is 6. The smallest absolute Gasteiger partial charge is 0.408 e. The summed E-state index contributed by atoms with van der Waals surface area (Å²) < 4.78 is 12.8. The van der Waals surface area contributed by atoms with Gasteiger partial charge in [0.15, 0.2) is 0 Å². The number of pyridine rings is 1. The van der Waals surface area contributed by atoms with Gasteiger partial charge in [-0.05, 0) is 63.3 Å². The number of amides is 1. The second-order valence-corrected chi connectivity index (χ2v) is 12.2. The molecule has 6 rings (SSSR count). The number of carbonyl (C=O) groups is 1. The van der Waals surface area contributed by atoms with Gasteiger partial charge in [-0.15, -0.1) is 0 Å². The van der Waals surface area contributed by atoms with Crippen molar-refractivity contribution in [3.05, 3.63) is 108 Å². The number of ether oxygens (including phenoxy) is 2. The van der Waals surface area contributed by atoms with Crippen LogP contribution in [0.1, 0.15) is 51.2 Å². The Morgan fingerprint density at radius 1 is 0.886 bits per heavy atom. The molecular formula is C36H37N4O4+. The molecule has 0 radical (unpaired) electrons. The molecule has 0 atom stereocenters. The highest BCUT2D eigenvalue weighted by atomic mass is 16.6. The predicted molar refractivity (Wildman–Crippen MR) is 168 cm³/mol. The van der Waals surface area contributed by atoms with E-state index in [0.717, 1.165) is 63.2 Å². The van der Waals surface area contributed by atoms with Crippen LogP contribution in [0.2, 0.25) is 0 Å². The van der Waals surface area contributed by atoms with Crippen LogP contribution in [0.25, 0.3) is 33.5 Å². The van der Waals surface area contributed by atoms with E-state index in [0.29, 0.717) is 24.3 Å². The van der Waals surface area contributed by atoms with E-state index < -0.39 is 17.2 Å². The van der Waals surface area contributed by atoms with Crippen LogP contribution in [0.15, 0.2) is 97.3 Å². The number of carbonyl (C=O) groups excluding carboxylic acids is 1. The Bertz CT molecular complexity index is 1760. The summed E-state index contributed by atoms with van der Waals surface area (Å²) in [7, 11) is 0. The number of alkyl carbamates (subject to hydrolysis) is 1. The molecule has 0 saturated heterocycles. The van der Waals surface area contributed by atoms with Gasteiger partial charge in [0.05, 0.1) is 29.1 Å². The first-order valence-electron chi connectivity index (χ1n) is 15.0. The molecule has 0 aliphatic heterocycles. The number of nitrogens with one attached hydrogen (secondary N) is 1. The van der Waals surface area contributed by atoms with Crippen molar-refractivity contribution >= 4 is 17.1 Å². The fraction of sp³-hybridized carbons (Fsp3) is 0.278. The Balaban J connectivity index is 1.31. The van der Waals surface area contributed by atoms with Crippen molar-refractivity contribution in [2.75, 3.05) is 6.61 Å². The quantitative estimate of drug-likeness (QED) is 0.149. The van der Waals surface area contributed by atoms with Crippen molar-refractivity contribution in [2.45, 2.75) is 57.6 Å². The molecule has 2 heterocycles. The van der Waals surface area contributed by atoms with Crippen LogP contribution in [0.3, 0.4) is 0 Å². The zero-order valence-electron chi connectivity index (χ0n) is 25.3. The SMILES string of the molecule is CC(C)(C)OC(=O)NC1(c2ccc(-c3nc4cccc(OCCc5cc[n+](O)cc5)c4nc3-c3ccccc3)cc2)CCC1. The highest BCUT2D eigenvalue weighted by Crippen LogP contribution is 2.42. The van der Waals surface area contributed by atoms with Crippen molar-refractivity contribution in [1.82, 2.24) is 15.3 Å². The Labute approximate surface area is 257 Å². The maximum Gasteiger partial charge on any atom is 0.408 e. The average Bonchev–Trinajstić information content (AvgIpc) is 2.99. The molecular weight excluding hydrogens is 552 g/mol. The van der Waals surface area contributed by atoms with E-state index in [2.05, 4.69) is 29.6 Å². The summed E-state index contributed by atoms with van der Waals surface area (Å²) in [6.07, 6.45) is 6.27. The predicted octanol–water partition coefficient (Wildman–Crippen LogP) is 7.01. The molecule has 2 aromatic heterocycles. The molecule has 1 amide bonds. The van der Waals surface area contributed by atoms with Gasteiger partial charge in [-0.2, -0.15) is 0 Å². The molecule has 1 aliphatic carbocycles. The molecule has 2 N–H and O–H groups in total. The zero-order chi connectivity index (χ0) is 30.7. The van der Waals surface area contributed by atoms with Crippen LogP contribution >= 0.6 is 0 Å². The first kappa shape index (κ1) is 29.1. The number of rotatable bonds is 8. The van der Waals surface area contributed by atoms with E-state index >= 15 is 0 Å². The number of para-hydroxylation sites is 1. The second kappa shape index (κ2) is 12.0. The Morgan fingerprint density at radius 2 is 1.57 bits per heavy atom. The van der Waals surface area contributed by atoms with Gasteiger partial charge in [0, 0.05) is 34.4 Å². The van der Waals surface area contributed by atoms with Crippen LogP contribution in [0.5, 0.6) is 5.75 Å². The summed E-state index contributed by atoms with van der Waals surface area (Å²) in [5, 5.41) is 12.6. The fourth-order valence-corrected chi connectivity index (χ4v) is 5.52. The molecule has 1 fully saturated rings. The molecule has 0 spiro atoms. The first-order valence-corrected chi connectivity index (χ1v) is 15.0. The van der Waals surface area contributed by atoms with Crippen LogP contribution in [0, 0.1) is 0 Å². The second-order valence-electron chi connectivity index (χ2n) is 12.2. The lowest BCUT2D eigenvalue weighted by Gasteiger charge is -2.43. The largest absolute Gasteiger partial charge is 0.491 e. The van der Waals surface area contributed by atoms with Gasteiger partial charge < -0.3 is 14.8 Å². The zero-order valence-corrected chi connectivity index (χ0v) is 25.3. The fourth-order valence-electron chi connectivity index (χ4n) is 5.52. The van der Waals surface area contributed by atoms with Crippen LogP contribution < -0.4 is 14.8 Å². The summed E-state index contributed by atoms with van der Waals surface area (Å²) in [5.74, 6) is 0.669. The minimum absolute atomic E-state index is 0.395. The molecule has 1 aliphatic rings. The number of nitrogens with zero attached hydrogens (tertiary/aromatic N) is 3. The maximum atomic E-state index is 12.7. The van der Waals surface area contributed by atoms with E-state index in [9.17, 15) is 10.0 Å². The number of fused-ring (bicyclic) bond motifs is 1. The molecule has 0 bridgehead atoms. The summed E-state index contributed by atoms with van der Waals surface area (Å²) in [6.45, 7) is 6.07. The Kier molecular flexibility index (Phi) is 7.91. The molecule has 8 heteroatoms. The molecule has 0 unspecified atom stereocenters. The van der Waals surface area contributed by atoms with Crippen molar-refractivity contribution in [1.29, 1.82) is 0 Å². The van der Waals surface area contributed by atoms with Crippen LogP contribution in [0.4, 0.5) is 4.79 Å². The van der Waals surface area contributed by atoms with Gasteiger partial charge in [0.25, 0.3) is 0 Å². The van der Waals surface area contributed by atoms with E-state index in [1.807, 2.05) is 81.4 Å². The van der Waals surface area contributed by atoms with Crippen molar-refractivity contribution in [2.24, 2.45) is 0 Å². The molecule has 1 saturated carbocycles. The summed E-state index contributed by atoms with van der Waals surface area (Å²) in [5.41, 5.74) is 6.00. The van der Waals surface area contributed by atoms with E-state index in [1.165, 1.54) is 0 Å². The third-order valence-electron chi connectivity index (χ3n) is 7.89. The van der Waals surface area contributed by atoms with Gasteiger partial charge in [-0.25, -0.2) is 14.8 Å². The van der Waals surface area contributed by atoms with Gasteiger partial charge in [0.1, 0.15) is 16.9 Å². The van der Waals surface area contributed by atoms with Crippen molar-refractivity contribution in [3.8, 4) is 28.3 Å². The molecule has 8 nitrogen and oxygen atoms in total. The maximum absolute atomic E-state index is 12.7. The number of hydrogen-bond donors (Lipinski definition) is 2. The molecule has 44 heavy (non-hydrogen) atoms.